The van der Waals surface area contributed by atoms with E-state index in [1.165, 1.54) is 0 Å². The number of aliphatic carboxylic acids is 1. The Hall–Kier alpha value is -1.88. The molecule has 5 heteroatoms. The van der Waals surface area contributed by atoms with Gasteiger partial charge in [0.05, 0.1) is 12.6 Å². The molecule has 0 fully saturated rings. The van der Waals surface area contributed by atoms with Gasteiger partial charge in [-0.15, -0.1) is 0 Å². The van der Waals surface area contributed by atoms with Crippen molar-refractivity contribution in [1.29, 1.82) is 0 Å². The average Bonchev–Trinajstić information content (AvgIpc) is 2.38. The highest BCUT2D eigenvalue weighted by Crippen LogP contribution is 2.14. The fraction of sp³-hybridized carbons (Fsp3) is 0.467. The van der Waals surface area contributed by atoms with Gasteiger partial charge in [0.15, 0.2) is 5.78 Å². The largest absolute Gasteiger partial charge is 0.491 e. The van der Waals surface area contributed by atoms with E-state index in [-0.39, 0.29) is 24.9 Å². The van der Waals surface area contributed by atoms with Gasteiger partial charge in [-0.1, -0.05) is 0 Å². The van der Waals surface area contributed by atoms with Gasteiger partial charge in [-0.3, -0.25) is 9.59 Å². The predicted molar refractivity (Wildman–Crippen MR) is 76.3 cm³/mol. The van der Waals surface area contributed by atoms with Crippen LogP contribution in [-0.2, 0) is 4.79 Å². The van der Waals surface area contributed by atoms with Gasteiger partial charge in [-0.05, 0) is 51.1 Å². The monoisotopic (exact) mass is 279 g/mol. The average molecular weight is 279 g/mol. The van der Waals surface area contributed by atoms with Crippen LogP contribution in [0.1, 0.15) is 37.0 Å². The minimum atomic E-state index is -0.820. The molecule has 0 aliphatic heterocycles. The standard InChI is InChI=1S/C15H21NO4/c1-11(2)20-13-7-5-12(6-8-13)14(17)10-16-9-3-4-15(18)19/h5-8,11,16H,3-4,9-10H2,1-2H3,(H,18,19). The first-order valence-electron chi connectivity index (χ1n) is 6.71. The normalized spacial score (nSPS) is 10.6. The van der Waals surface area contributed by atoms with Crippen LogP contribution < -0.4 is 10.1 Å². The third-order valence-electron chi connectivity index (χ3n) is 2.58. The molecule has 1 rings (SSSR count). The molecule has 0 aliphatic rings. The van der Waals surface area contributed by atoms with Crippen LogP contribution in [0.3, 0.4) is 0 Å². The van der Waals surface area contributed by atoms with E-state index in [1.54, 1.807) is 24.3 Å². The maximum absolute atomic E-state index is 11.9. The highest BCUT2D eigenvalue weighted by Gasteiger charge is 2.06. The fourth-order valence-electron chi connectivity index (χ4n) is 1.66. The molecule has 0 radical (unpaired) electrons. The second kappa shape index (κ2) is 8.32. The molecule has 0 heterocycles. The summed E-state index contributed by atoms with van der Waals surface area (Å²) in [5, 5.41) is 11.4. The Morgan fingerprint density at radius 3 is 2.45 bits per heavy atom. The van der Waals surface area contributed by atoms with E-state index in [0.29, 0.717) is 18.5 Å². The van der Waals surface area contributed by atoms with E-state index in [4.69, 9.17) is 9.84 Å². The summed E-state index contributed by atoms with van der Waals surface area (Å²) in [6, 6.07) is 7.02. The first kappa shape index (κ1) is 16.2. The third-order valence-corrected chi connectivity index (χ3v) is 2.58. The van der Waals surface area contributed by atoms with Crippen molar-refractivity contribution in [3.05, 3.63) is 29.8 Å². The quantitative estimate of drug-likeness (QED) is 0.535. The van der Waals surface area contributed by atoms with Crippen molar-refractivity contribution in [3.8, 4) is 5.75 Å². The molecule has 5 nitrogen and oxygen atoms in total. The van der Waals surface area contributed by atoms with E-state index in [2.05, 4.69) is 5.32 Å². The van der Waals surface area contributed by atoms with Crippen molar-refractivity contribution in [3.63, 3.8) is 0 Å². The lowest BCUT2D eigenvalue weighted by Gasteiger charge is -2.10. The molecule has 0 atom stereocenters. The molecule has 1 aromatic rings. The summed E-state index contributed by atoms with van der Waals surface area (Å²) >= 11 is 0. The van der Waals surface area contributed by atoms with Crippen molar-refractivity contribution in [2.24, 2.45) is 0 Å². The summed E-state index contributed by atoms with van der Waals surface area (Å²) in [5.41, 5.74) is 0.617. The van der Waals surface area contributed by atoms with Crippen LogP contribution in [0.2, 0.25) is 0 Å². The van der Waals surface area contributed by atoms with Gasteiger partial charge in [-0.25, -0.2) is 0 Å². The van der Waals surface area contributed by atoms with Gasteiger partial charge in [0.25, 0.3) is 0 Å². The van der Waals surface area contributed by atoms with Crippen LogP contribution in [0, 0.1) is 0 Å². The van der Waals surface area contributed by atoms with Crippen molar-refractivity contribution < 1.29 is 19.4 Å². The lowest BCUT2D eigenvalue weighted by atomic mass is 10.1. The van der Waals surface area contributed by atoms with E-state index in [0.717, 1.165) is 5.75 Å². The number of hydrogen-bond donors (Lipinski definition) is 2. The van der Waals surface area contributed by atoms with Crippen molar-refractivity contribution in [1.82, 2.24) is 5.32 Å². The first-order valence-corrected chi connectivity index (χ1v) is 6.71. The lowest BCUT2D eigenvalue weighted by Crippen LogP contribution is -2.24. The highest BCUT2D eigenvalue weighted by atomic mass is 16.5. The summed E-state index contributed by atoms with van der Waals surface area (Å²) in [6.07, 6.45) is 0.735. The summed E-state index contributed by atoms with van der Waals surface area (Å²) in [5.74, 6) is -0.0961. The van der Waals surface area contributed by atoms with Crippen molar-refractivity contribution >= 4 is 11.8 Å². The lowest BCUT2D eigenvalue weighted by molar-refractivity contribution is -0.137. The van der Waals surface area contributed by atoms with Gasteiger partial charge >= 0.3 is 5.97 Å². The SMILES string of the molecule is CC(C)Oc1ccc(C(=O)CNCCCC(=O)O)cc1. The zero-order valence-corrected chi connectivity index (χ0v) is 11.9. The number of ketones is 1. The maximum atomic E-state index is 11.9. The van der Waals surface area contributed by atoms with Crippen molar-refractivity contribution in [2.75, 3.05) is 13.1 Å². The van der Waals surface area contributed by atoms with Crippen LogP contribution >= 0.6 is 0 Å². The van der Waals surface area contributed by atoms with Gasteiger partial charge in [0.1, 0.15) is 5.75 Å². The molecule has 0 saturated heterocycles. The minimum Gasteiger partial charge on any atom is -0.491 e. The summed E-state index contributed by atoms with van der Waals surface area (Å²) in [4.78, 5) is 22.2. The van der Waals surface area contributed by atoms with Crippen LogP contribution in [-0.4, -0.2) is 36.1 Å². The summed E-state index contributed by atoms with van der Waals surface area (Å²) in [7, 11) is 0. The Morgan fingerprint density at radius 2 is 1.90 bits per heavy atom. The Balaban J connectivity index is 2.34. The highest BCUT2D eigenvalue weighted by molar-refractivity contribution is 5.97. The second-order valence-electron chi connectivity index (χ2n) is 4.79. The minimum absolute atomic E-state index is 0.0172. The molecule has 0 saturated carbocycles. The van der Waals surface area contributed by atoms with Crippen LogP contribution in [0.5, 0.6) is 5.75 Å². The van der Waals surface area contributed by atoms with E-state index in [9.17, 15) is 9.59 Å². The molecule has 0 amide bonds. The molecule has 0 aliphatic carbocycles. The molecule has 0 aromatic heterocycles. The number of benzene rings is 1. The number of carboxylic acid groups (broad SMARTS) is 1. The zero-order valence-electron chi connectivity index (χ0n) is 11.9. The van der Waals surface area contributed by atoms with Gasteiger partial charge in [0.2, 0.25) is 0 Å². The molecule has 0 unspecified atom stereocenters. The number of carbonyl (C=O) groups is 2. The van der Waals surface area contributed by atoms with Gasteiger partial charge in [0, 0.05) is 12.0 Å². The smallest absolute Gasteiger partial charge is 0.303 e. The van der Waals surface area contributed by atoms with Gasteiger partial charge < -0.3 is 15.2 Å². The number of hydrogen-bond acceptors (Lipinski definition) is 4. The summed E-state index contributed by atoms with van der Waals surface area (Å²) < 4.78 is 5.50. The number of Topliss-reactive ketones (excluding diaryl/α,β-unsaturated/α-hetero) is 1. The fourth-order valence-corrected chi connectivity index (χ4v) is 1.66. The Bertz CT molecular complexity index is 440. The zero-order chi connectivity index (χ0) is 15.0. The Morgan fingerprint density at radius 1 is 1.25 bits per heavy atom. The molecule has 2 N–H and O–H groups in total. The molecule has 0 bridgehead atoms. The summed E-state index contributed by atoms with van der Waals surface area (Å²) in [6.45, 7) is 4.62. The third kappa shape index (κ3) is 6.33. The van der Waals surface area contributed by atoms with E-state index < -0.39 is 5.97 Å². The number of carboxylic acids is 1. The van der Waals surface area contributed by atoms with Crippen LogP contribution in [0.4, 0.5) is 0 Å². The molecule has 20 heavy (non-hydrogen) atoms. The molecule has 0 spiro atoms. The predicted octanol–water partition coefficient (Wildman–Crippen LogP) is 2.11. The number of nitrogens with one attached hydrogen (secondary N) is 1. The Kier molecular flexibility index (Phi) is 6.73. The number of carbonyl (C=O) groups excluding carboxylic acids is 1. The molecule has 1 aromatic carbocycles. The molecular weight excluding hydrogens is 258 g/mol. The second-order valence-corrected chi connectivity index (χ2v) is 4.79. The van der Waals surface area contributed by atoms with Crippen molar-refractivity contribution in [2.45, 2.75) is 32.8 Å². The van der Waals surface area contributed by atoms with Crippen LogP contribution in [0.25, 0.3) is 0 Å². The molecule has 110 valence electrons. The number of rotatable bonds is 9. The number of ether oxygens (including phenoxy) is 1. The van der Waals surface area contributed by atoms with Gasteiger partial charge in [-0.2, -0.15) is 0 Å². The first-order chi connectivity index (χ1) is 9.49. The van der Waals surface area contributed by atoms with E-state index >= 15 is 0 Å². The topological polar surface area (TPSA) is 75.6 Å². The maximum Gasteiger partial charge on any atom is 0.303 e. The molecular formula is C15H21NO4. The van der Waals surface area contributed by atoms with E-state index in [1.807, 2.05) is 13.8 Å². The Labute approximate surface area is 118 Å². The van der Waals surface area contributed by atoms with Crippen LogP contribution in [0.15, 0.2) is 24.3 Å².